The molecule has 0 radical (unpaired) electrons. The van der Waals surface area contributed by atoms with E-state index in [0.717, 1.165) is 18.4 Å². The molecule has 19 heavy (non-hydrogen) atoms. The fraction of sp³-hybridized carbons (Fsp3) is 0.500. The third-order valence-electron chi connectivity index (χ3n) is 3.48. The Labute approximate surface area is 114 Å². The molecule has 3 nitrogen and oxygen atoms in total. The smallest absolute Gasteiger partial charge is 0.237 e. The van der Waals surface area contributed by atoms with Gasteiger partial charge in [0.15, 0.2) is 0 Å². The molecular weight excluding hydrogens is 236 g/mol. The highest BCUT2D eigenvalue weighted by atomic mass is 16.2. The monoisotopic (exact) mass is 256 g/mol. The summed E-state index contributed by atoms with van der Waals surface area (Å²) in [6.45, 7) is 4.30. The molecule has 1 aromatic carbocycles. The van der Waals surface area contributed by atoms with E-state index in [2.05, 4.69) is 37.4 Å². The first-order chi connectivity index (χ1) is 9.10. The Hall–Kier alpha value is -1.82. The van der Waals surface area contributed by atoms with Crippen molar-refractivity contribution in [1.29, 1.82) is 5.26 Å². The predicted molar refractivity (Wildman–Crippen MR) is 74.5 cm³/mol. The second kappa shape index (κ2) is 5.88. The van der Waals surface area contributed by atoms with E-state index in [1.54, 1.807) is 0 Å². The molecule has 1 saturated carbocycles. The first kappa shape index (κ1) is 13.6. The number of carbonyl (C=O) groups excluding carboxylic acids is 1. The van der Waals surface area contributed by atoms with Crippen molar-refractivity contribution in [3.63, 3.8) is 0 Å². The SMILES string of the molecule is CC(C)c1ccc(CC(C#N)C(=O)NC2CC2)cc1. The maximum absolute atomic E-state index is 11.9. The second-order valence-electron chi connectivity index (χ2n) is 5.56. The first-order valence-electron chi connectivity index (χ1n) is 6.89. The van der Waals surface area contributed by atoms with Gasteiger partial charge in [0.25, 0.3) is 0 Å². The molecule has 0 spiro atoms. The number of nitrogens with zero attached hydrogens (tertiary/aromatic N) is 1. The minimum Gasteiger partial charge on any atom is -0.352 e. The minimum atomic E-state index is -0.578. The van der Waals surface area contributed by atoms with Gasteiger partial charge in [-0.15, -0.1) is 0 Å². The molecule has 0 aromatic heterocycles. The summed E-state index contributed by atoms with van der Waals surface area (Å²) in [5.74, 6) is -0.206. The summed E-state index contributed by atoms with van der Waals surface area (Å²) in [4.78, 5) is 11.9. The van der Waals surface area contributed by atoms with Crippen molar-refractivity contribution in [3.05, 3.63) is 35.4 Å². The highest BCUT2D eigenvalue weighted by Gasteiger charge is 2.27. The van der Waals surface area contributed by atoms with Crippen LogP contribution in [-0.4, -0.2) is 11.9 Å². The summed E-state index contributed by atoms with van der Waals surface area (Å²) in [7, 11) is 0. The zero-order valence-corrected chi connectivity index (χ0v) is 11.5. The van der Waals surface area contributed by atoms with Gasteiger partial charge in [-0.3, -0.25) is 4.79 Å². The van der Waals surface area contributed by atoms with Gasteiger partial charge in [-0.25, -0.2) is 0 Å². The van der Waals surface area contributed by atoms with Crippen molar-refractivity contribution in [2.75, 3.05) is 0 Å². The highest BCUT2D eigenvalue weighted by Crippen LogP contribution is 2.20. The van der Waals surface area contributed by atoms with Gasteiger partial charge in [-0.1, -0.05) is 38.1 Å². The van der Waals surface area contributed by atoms with Gasteiger partial charge >= 0.3 is 0 Å². The van der Waals surface area contributed by atoms with Crippen LogP contribution in [0.2, 0.25) is 0 Å². The fourth-order valence-corrected chi connectivity index (χ4v) is 2.00. The lowest BCUT2D eigenvalue weighted by Gasteiger charge is -2.11. The number of hydrogen-bond acceptors (Lipinski definition) is 2. The Balaban J connectivity index is 1.97. The summed E-state index contributed by atoms with van der Waals surface area (Å²) >= 11 is 0. The van der Waals surface area contributed by atoms with Crippen molar-refractivity contribution < 1.29 is 4.79 Å². The van der Waals surface area contributed by atoms with Crippen LogP contribution in [0.25, 0.3) is 0 Å². The first-order valence-corrected chi connectivity index (χ1v) is 6.89. The van der Waals surface area contributed by atoms with E-state index in [9.17, 15) is 4.79 Å². The van der Waals surface area contributed by atoms with Gasteiger partial charge in [-0.2, -0.15) is 5.26 Å². The van der Waals surface area contributed by atoms with Crippen LogP contribution >= 0.6 is 0 Å². The second-order valence-corrected chi connectivity index (χ2v) is 5.56. The highest BCUT2D eigenvalue weighted by molar-refractivity contribution is 5.81. The number of carbonyl (C=O) groups is 1. The molecular formula is C16H20N2O. The van der Waals surface area contributed by atoms with Gasteiger partial charge < -0.3 is 5.32 Å². The average Bonchev–Trinajstić information content (AvgIpc) is 3.20. The molecule has 1 fully saturated rings. The van der Waals surface area contributed by atoms with E-state index < -0.39 is 5.92 Å². The van der Waals surface area contributed by atoms with Crippen molar-refractivity contribution in [2.45, 2.75) is 45.1 Å². The Morgan fingerprint density at radius 2 is 2.00 bits per heavy atom. The Bertz CT molecular complexity index is 480. The van der Waals surface area contributed by atoms with E-state index in [1.807, 2.05) is 12.1 Å². The van der Waals surface area contributed by atoms with Gasteiger partial charge in [-0.05, 0) is 36.3 Å². The summed E-state index contributed by atoms with van der Waals surface area (Å²) < 4.78 is 0. The molecule has 0 aliphatic heterocycles. The maximum Gasteiger partial charge on any atom is 0.237 e. The standard InChI is InChI=1S/C16H20N2O/c1-11(2)13-5-3-12(4-6-13)9-14(10-17)16(19)18-15-7-8-15/h3-6,11,14-15H,7-9H2,1-2H3,(H,18,19). The molecule has 1 aliphatic rings. The number of amides is 1. The number of rotatable bonds is 5. The summed E-state index contributed by atoms with van der Waals surface area (Å²) in [5, 5.41) is 12.0. The van der Waals surface area contributed by atoms with Crippen LogP contribution in [0.4, 0.5) is 0 Å². The van der Waals surface area contributed by atoms with Gasteiger partial charge in [0.1, 0.15) is 5.92 Å². The number of benzene rings is 1. The van der Waals surface area contributed by atoms with Crippen molar-refractivity contribution in [2.24, 2.45) is 5.92 Å². The zero-order valence-electron chi connectivity index (χ0n) is 11.5. The zero-order chi connectivity index (χ0) is 13.8. The molecule has 0 heterocycles. The largest absolute Gasteiger partial charge is 0.352 e. The molecule has 2 rings (SSSR count). The van der Waals surface area contributed by atoms with Crippen molar-refractivity contribution in [1.82, 2.24) is 5.32 Å². The van der Waals surface area contributed by atoms with Gasteiger partial charge in [0.2, 0.25) is 5.91 Å². The maximum atomic E-state index is 11.9. The topological polar surface area (TPSA) is 52.9 Å². The van der Waals surface area contributed by atoms with Crippen molar-refractivity contribution in [3.8, 4) is 6.07 Å². The Morgan fingerprint density at radius 1 is 1.37 bits per heavy atom. The van der Waals surface area contributed by atoms with Crippen LogP contribution in [0.3, 0.4) is 0 Å². The van der Waals surface area contributed by atoms with Crippen LogP contribution in [0.5, 0.6) is 0 Å². The Morgan fingerprint density at radius 3 is 2.47 bits per heavy atom. The molecule has 1 aliphatic carbocycles. The fourth-order valence-electron chi connectivity index (χ4n) is 2.00. The summed E-state index contributed by atoms with van der Waals surface area (Å²) in [5.41, 5.74) is 2.32. The van der Waals surface area contributed by atoms with E-state index in [4.69, 9.17) is 5.26 Å². The molecule has 0 bridgehead atoms. The number of nitrogens with one attached hydrogen (secondary N) is 1. The van der Waals surface area contributed by atoms with Crippen LogP contribution < -0.4 is 5.32 Å². The normalized spacial score (nSPS) is 15.9. The lowest BCUT2D eigenvalue weighted by Crippen LogP contribution is -2.32. The van der Waals surface area contributed by atoms with Gasteiger partial charge in [0, 0.05) is 6.04 Å². The van der Waals surface area contributed by atoms with Crippen molar-refractivity contribution >= 4 is 5.91 Å². The van der Waals surface area contributed by atoms with E-state index in [0.29, 0.717) is 18.4 Å². The Kier molecular flexibility index (Phi) is 4.21. The predicted octanol–water partition coefficient (Wildman–Crippen LogP) is 2.77. The number of hydrogen-bond donors (Lipinski definition) is 1. The third kappa shape index (κ3) is 3.82. The summed E-state index contributed by atoms with van der Waals surface area (Å²) in [6, 6.07) is 10.6. The molecule has 0 saturated heterocycles. The molecule has 1 unspecified atom stereocenters. The van der Waals surface area contributed by atoms with Crippen LogP contribution in [0.15, 0.2) is 24.3 Å². The van der Waals surface area contributed by atoms with Crippen LogP contribution in [0, 0.1) is 17.2 Å². The lowest BCUT2D eigenvalue weighted by molar-refractivity contribution is -0.123. The third-order valence-corrected chi connectivity index (χ3v) is 3.48. The van der Waals surface area contributed by atoms with Crippen LogP contribution in [0.1, 0.15) is 43.7 Å². The molecule has 100 valence electrons. The number of nitriles is 1. The average molecular weight is 256 g/mol. The molecule has 1 atom stereocenters. The van der Waals surface area contributed by atoms with Crippen LogP contribution in [-0.2, 0) is 11.2 Å². The molecule has 1 amide bonds. The van der Waals surface area contributed by atoms with E-state index >= 15 is 0 Å². The van der Waals surface area contributed by atoms with E-state index in [-0.39, 0.29) is 5.91 Å². The lowest BCUT2D eigenvalue weighted by atomic mass is 9.96. The molecule has 1 N–H and O–H groups in total. The minimum absolute atomic E-state index is 0.127. The molecule has 3 heteroatoms. The van der Waals surface area contributed by atoms with Gasteiger partial charge in [0.05, 0.1) is 6.07 Å². The quantitative estimate of drug-likeness (QED) is 0.880. The molecule has 1 aromatic rings. The van der Waals surface area contributed by atoms with E-state index in [1.165, 1.54) is 5.56 Å². The summed E-state index contributed by atoms with van der Waals surface area (Å²) in [6.07, 6.45) is 2.59.